The van der Waals surface area contributed by atoms with E-state index in [1.165, 1.54) is 0 Å². The number of hydrogen-bond acceptors (Lipinski definition) is 6. The number of amides is 1. The molecule has 2 aromatic rings. The number of nitrogens with one attached hydrogen (secondary N) is 3. The molecule has 0 saturated carbocycles. The second kappa shape index (κ2) is 10.5. The Balaban J connectivity index is 1.82. The van der Waals surface area contributed by atoms with Crippen LogP contribution in [0.1, 0.15) is 35.7 Å². The number of benzene rings is 2. The molecule has 7 nitrogen and oxygen atoms in total. The van der Waals surface area contributed by atoms with Gasteiger partial charge < -0.3 is 20.1 Å². The standard InChI is InChI=1S/C23H26BrN3O4/c1-2-30-20(28)15-31-19-9-8-17(24)14-18(19)21(29)27-22(25)23(10-12-26-13-11-23)16-6-4-3-5-7-16/h3-9,14,26H,2,10-13,15H2,1H3,(H2,25,27,29). The highest BCUT2D eigenvalue weighted by atomic mass is 79.9. The average Bonchev–Trinajstić information content (AvgIpc) is 2.79. The van der Waals surface area contributed by atoms with Gasteiger partial charge in [0.25, 0.3) is 5.91 Å². The fraction of sp³-hybridized carbons (Fsp3) is 0.348. The Morgan fingerprint density at radius 1 is 1.16 bits per heavy atom. The molecule has 8 heteroatoms. The van der Waals surface area contributed by atoms with Crippen molar-refractivity contribution < 1.29 is 19.1 Å². The van der Waals surface area contributed by atoms with Gasteiger partial charge in [-0.05, 0) is 56.6 Å². The molecular weight excluding hydrogens is 462 g/mol. The van der Waals surface area contributed by atoms with Crippen LogP contribution in [0.25, 0.3) is 0 Å². The van der Waals surface area contributed by atoms with Crippen LogP contribution >= 0.6 is 15.9 Å². The summed E-state index contributed by atoms with van der Waals surface area (Å²) < 4.78 is 11.1. The van der Waals surface area contributed by atoms with E-state index in [1.54, 1.807) is 25.1 Å². The topological polar surface area (TPSA) is 101 Å². The third-order valence-corrected chi connectivity index (χ3v) is 5.83. The van der Waals surface area contributed by atoms with Crippen LogP contribution < -0.4 is 15.4 Å². The van der Waals surface area contributed by atoms with Gasteiger partial charge in [0.05, 0.1) is 17.6 Å². The Labute approximate surface area is 190 Å². The Morgan fingerprint density at radius 3 is 2.55 bits per heavy atom. The number of carbonyl (C=O) groups is 2. The summed E-state index contributed by atoms with van der Waals surface area (Å²) >= 11 is 3.37. The second-order valence-electron chi connectivity index (χ2n) is 7.26. The SMILES string of the molecule is CCOC(=O)COc1ccc(Br)cc1C(=O)NC(=N)C1(c2ccccc2)CCNCC1. The number of rotatable bonds is 7. The van der Waals surface area contributed by atoms with Crippen LogP contribution in [0.15, 0.2) is 53.0 Å². The van der Waals surface area contributed by atoms with Crippen LogP contribution in [0.2, 0.25) is 0 Å². The van der Waals surface area contributed by atoms with Crippen molar-refractivity contribution in [2.24, 2.45) is 0 Å². The molecule has 1 fully saturated rings. The zero-order valence-corrected chi connectivity index (χ0v) is 19.0. The number of hydrogen-bond donors (Lipinski definition) is 3. The smallest absolute Gasteiger partial charge is 0.344 e. The van der Waals surface area contributed by atoms with Gasteiger partial charge in [-0.3, -0.25) is 10.2 Å². The van der Waals surface area contributed by atoms with Gasteiger partial charge in [-0.15, -0.1) is 0 Å². The van der Waals surface area contributed by atoms with Gasteiger partial charge >= 0.3 is 5.97 Å². The van der Waals surface area contributed by atoms with Gasteiger partial charge in [-0.25, -0.2) is 4.79 Å². The van der Waals surface area contributed by atoms with E-state index in [-0.39, 0.29) is 30.4 Å². The van der Waals surface area contributed by atoms with Gasteiger partial charge in [0.15, 0.2) is 6.61 Å². The van der Waals surface area contributed by atoms with Crippen molar-refractivity contribution in [1.82, 2.24) is 10.6 Å². The first-order chi connectivity index (χ1) is 15.0. The minimum Gasteiger partial charge on any atom is -0.481 e. The van der Waals surface area contributed by atoms with Crippen molar-refractivity contribution in [2.45, 2.75) is 25.2 Å². The molecule has 0 unspecified atom stereocenters. The second-order valence-corrected chi connectivity index (χ2v) is 8.18. The maximum absolute atomic E-state index is 13.1. The van der Waals surface area contributed by atoms with E-state index < -0.39 is 17.3 Å². The third-order valence-electron chi connectivity index (χ3n) is 5.34. The predicted molar refractivity (Wildman–Crippen MR) is 122 cm³/mol. The minimum absolute atomic E-state index is 0.154. The van der Waals surface area contributed by atoms with E-state index in [0.717, 1.165) is 18.7 Å². The molecule has 3 rings (SSSR count). The van der Waals surface area contributed by atoms with Crippen molar-refractivity contribution in [3.05, 3.63) is 64.1 Å². The van der Waals surface area contributed by atoms with Crippen LogP contribution in [-0.2, 0) is 14.9 Å². The van der Waals surface area contributed by atoms with E-state index in [4.69, 9.17) is 14.9 Å². The highest BCUT2D eigenvalue weighted by Crippen LogP contribution is 2.34. The summed E-state index contributed by atoms with van der Waals surface area (Å²) in [4.78, 5) is 24.8. The predicted octanol–water partition coefficient (Wildman–Crippen LogP) is 3.42. The zero-order valence-electron chi connectivity index (χ0n) is 17.4. The van der Waals surface area contributed by atoms with Crippen molar-refractivity contribution in [2.75, 3.05) is 26.3 Å². The van der Waals surface area contributed by atoms with Crippen LogP contribution in [0.4, 0.5) is 0 Å². The maximum Gasteiger partial charge on any atom is 0.344 e. The average molecular weight is 488 g/mol. The Hall–Kier alpha value is -2.71. The third kappa shape index (κ3) is 5.51. The lowest BCUT2D eigenvalue weighted by Crippen LogP contribution is -2.51. The summed E-state index contributed by atoms with van der Waals surface area (Å²) in [5.41, 5.74) is 0.676. The molecular formula is C23H26BrN3O4. The van der Waals surface area contributed by atoms with Gasteiger partial charge in [-0.1, -0.05) is 46.3 Å². The quantitative estimate of drug-likeness (QED) is 0.315. The van der Waals surface area contributed by atoms with Crippen molar-refractivity contribution in [1.29, 1.82) is 5.41 Å². The molecule has 31 heavy (non-hydrogen) atoms. The number of carbonyl (C=O) groups excluding carboxylic acids is 2. The molecule has 1 aliphatic heterocycles. The first-order valence-corrected chi connectivity index (χ1v) is 11.0. The van der Waals surface area contributed by atoms with Gasteiger partial charge in [-0.2, -0.15) is 0 Å². The summed E-state index contributed by atoms with van der Waals surface area (Å²) in [6.45, 7) is 3.19. The number of esters is 1. The fourth-order valence-electron chi connectivity index (χ4n) is 3.74. The number of piperidine rings is 1. The molecule has 1 saturated heterocycles. The molecule has 1 amide bonds. The van der Waals surface area contributed by atoms with Crippen LogP contribution in [-0.4, -0.2) is 44.0 Å². The normalized spacial score (nSPS) is 15.0. The lowest BCUT2D eigenvalue weighted by atomic mass is 9.72. The van der Waals surface area contributed by atoms with E-state index >= 15 is 0 Å². The zero-order chi connectivity index (χ0) is 22.3. The molecule has 0 aliphatic carbocycles. The van der Waals surface area contributed by atoms with E-state index in [2.05, 4.69) is 26.6 Å². The molecule has 1 aliphatic rings. The summed E-state index contributed by atoms with van der Waals surface area (Å²) in [5.74, 6) is -0.566. The highest BCUT2D eigenvalue weighted by Gasteiger charge is 2.39. The van der Waals surface area contributed by atoms with Crippen molar-refractivity contribution in [3.8, 4) is 5.75 Å². The molecule has 0 aromatic heterocycles. The molecule has 0 atom stereocenters. The lowest BCUT2D eigenvalue weighted by Gasteiger charge is -2.38. The maximum atomic E-state index is 13.1. The summed E-state index contributed by atoms with van der Waals surface area (Å²) in [6, 6.07) is 14.8. The summed E-state index contributed by atoms with van der Waals surface area (Å²) in [7, 11) is 0. The number of amidine groups is 1. The van der Waals surface area contributed by atoms with Gasteiger partial charge in [0, 0.05) is 4.47 Å². The number of halogens is 1. The molecule has 0 radical (unpaired) electrons. The van der Waals surface area contributed by atoms with Gasteiger partial charge in [0.2, 0.25) is 0 Å². The van der Waals surface area contributed by atoms with Crippen molar-refractivity contribution in [3.63, 3.8) is 0 Å². The Morgan fingerprint density at radius 2 is 1.87 bits per heavy atom. The van der Waals surface area contributed by atoms with Crippen LogP contribution in [0, 0.1) is 5.41 Å². The van der Waals surface area contributed by atoms with E-state index in [1.807, 2.05) is 30.3 Å². The largest absolute Gasteiger partial charge is 0.481 e. The molecule has 0 spiro atoms. The van der Waals surface area contributed by atoms with E-state index in [0.29, 0.717) is 17.3 Å². The molecule has 164 valence electrons. The monoisotopic (exact) mass is 487 g/mol. The molecule has 3 N–H and O–H groups in total. The lowest BCUT2D eigenvalue weighted by molar-refractivity contribution is -0.145. The van der Waals surface area contributed by atoms with Crippen LogP contribution in [0.5, 0.6) is 5.75 Å². The van der Waals surface area contributed by atoms with Crippen molar-refractivity contribution >= 4 is 33.6 Å². The van der Waals surface area contributed by atoms with Crippen LogP contribution in [0.3, 0.4) is 0 Å². The minimum atomic E-state index is -0.569. The first-order valence-electron chi connectivity index (χ1n) is 10.2. The van der Waals surface area contributed by atoms with E-state index in [9.17, 15) is 9.59 Å². The molecule has 2 aromatic carbocycles. The molecule has 0 bridgehead atoms. The molecule has 1 heterocycles. The summed E-state index contributed by atoms with van der Waals surface area (Å²) in [6.07, 6.45) is 1.42. The Bertz CT molecular complexity index is 943. The first kappa shape index (κ1) is 23.0. The summed E-state index contributed by atoms with van der Waals surface area (Å²) in [5, 5.41) is 14.9. The number of ether oxygens (including phenoxy) is 2. The fourth-order valence-corrected chi connectivity index (χ4v) is 4.10. The highest BCUT2D eigenvalue weighted by molar-refractivity contribution is 9.10. The van der Waals surface area contributed by atoms with Gasteiger partial charge in [0.1, 0.15) is 11.6 Å². The Kier molecular flexibility index (Phi) is 7.81.